The zero-order valence-corrected chi connectivity index (χ0v) is 11.0. The van der Waals surface area contributed by atoms with Crippen LogP contribution in [0.4, 0.5) is 13.2 Å². The molecule has 0 N–H and O–H groups in total. The van der Waals surface area contributed by atoms with Crippen molar-refractivity contribution in [1.29, 1.82) is 0 Å². The Labute approximate surface area is 113 Å². The molecule has 0 saturated heterocycles. The molecule has 2 aromatic heterocycles. The van der Waals surface area contributed by atoms with E-state index in [1.165, 1.54) is 6.20 Å². The van der Waals surface area contributed by atoms with Gasteiger partial charge < -0.3 is 0 Å². The van der Waals surface area contributed by atoms with Gasteiger partial charge in [0.25, 0.3) is 0 Å². The van der Waals surface area contributed by atoms with E-state index >= 15 is 0 Å². The fourth-order valence-corrected chi connectivity index (χ4v) is 1.85. The highest BCUT2D eigenvalue weighted by Gasteiger charge is 2.35. The van der Waals surface area contributed by atoms with Gasteiger partial charge >= 0.3 is 6.18 Å². The predicted molar refractivity (Wildman–Crippen MR) is 65.5 cm³/mol. The highest BCUT2D eigenvalue weighted by Crippen LogP contribution is 2.32. The van der Waals surface area contributed by atoms with E-state index < -0.39 is 11.9 Å². The van der Waals surface area contributed by atoms with E-state index in [0.717, 1.165) is 10.7 Å². The standard InChI is InChI=1S/C12H11ClF3N3/c1-7(2)9-6-10(12(14,15)16)18-19(9)11-8(13)4-3-5-17-11/h3-7H,1-2H3. The van der Waals surface area contributed by atoms with Crippen LogP contribution in [0.5, 0.6) is 0 Å². The molecule has 2 aromatic rings. The summed E-state index contributed by atoms with van der Waals surface area (Å²) >= 11 is 5.95. The second-order valence-corrected chi connectivity index (χ2v) is 4.73. The van der Waals surface area contributed by atoms with Crippen molar-refractivity contribution in [3.8, 4) is 5.82 Å². The smallest absolute Gasteiger partial charge is 0.236 e. The quantitative estimate of drug-likeness (QED) is 0.834. The molecule has 2 heterocycles. The van der Waals surface area contributed by atoms with Gasteiger partial charge in [-0.25, -0.2) is 9.67 Å². The lowest BCUT2D eigenvalue weighted by Crippen LogP contribution is -2.09. The Bertz CT molecular complexity index is 590. The second kappa shape index (κ2) is 4.85. The van der Waals surface area contributed by atoms with Crippen LogP contribution in [0.2, 0.25) is 5.02 Å². The molecular weight excluding hydrogens is 279 g/mol. The van der Waals surface area contributed by atoms with Gasteiger partial charge in [-0.2, -0.15) is 18.3 Å². The number of rotatable bonds is 2. The second-order valence-electron chi connectivity index (χ2n) is 4.33. The summed E-state index contributed by atoms with van der Waals surface area (Å²) in [6.07, 6.45) is -3.03. The summed E-state index contributed by atoms with van der Waals surface area (Å²) in [4.78, 5) is 3.99. The predicted octanol–water partition coefficient (Wildman–Crippen LogP) is 4.06. The van der Waals surface area contributed by atoms with Crippen molar-refractivity contribution in [1.82, 2.24) is 14.8 Å². The van der Waals surface area contributed by atoms with Crippen molar-refractivity contribution in [2.24, 2.45) is 0 Å². The van der Waals surface area contributed by atoms with Crippen LogP contribution in [-0.2, 0) is 6.18 Å². The number of nitrogens with zero attached hydrogens (tertiary/aromatic N) is 3. The molecule has 3 nitrogen and oxygen atoms in total. The summed E-state index contributed by atoms with van der Waals surface area (Å²) in [6, 6.07) is 4.19. The molecule has 0 saturated carbocycles. The lowest BCUT2D eigenvalue weighted by molar-refractivity contribution is -0.141. The molecule has 7 heteroatoms. The van der Waals surface area contributed by atoms with E-state index in [1.807, 2.05) is 0 Å². The first-order valence-electron chi connectivity index (χ1n) is 5.58. The fraction of sp³-hybridized carbons (Fsp3) is 0.333. The van der Waals surface area contributed by atoms with Crippen molar-refractivity contribution in [2.75, 3.05) is 0 Å². The Morgan fingerprint density at radius 3 is 2.53 bits per heavy atom. The van der Waals surface area contributed by atoms with Crippen molar-refractivity contribution < 1.29 is 13.2 Å². The fourth-order valence-electron chi connectivity index (χ4n) is 1.65. The van der Waals surface area contributed by atoms with E-state index in [-0.39, 0.29) is 16.8 Å². The molecule has 19 heavy (non-hydrogen) atoms. The molecule has 0 amide bonds. The summed E-state index contributed by atoms with van der Waals surface area (Å²) < 4.78 is 39.3. The highest BCUT2D eigenvalue weighted by molar-refractivity contribution is 6.32. The van der Waals surface area contributed by atoms with Crippen molar-refractivity contribution in [3.05, 3.63) is 40.8 Å². The Morgan fingerprint density at radius 2 is 2.00 bits per heavy atom. The average molecular weight is 290 g/mol. The minimum absolute atomic E-state index is 0.137. The Kier molecular flexibility index (Phi) is 3.54. The van der Waals surface area contributed by atoms with Crippen LogP contribution in [-0.4, -0.2) is 14.8 Å². The van der Waals surface area contributed by atoms with Gasteiger partial charge in [0.15, 0.2) is 11.5 Å². The number of halogens is 4. The number of hydrogen-bond donors (Lipinski definition) is 0. The van der Waals surface area contributed by atoms with Gasteiger partial charge in [-0.3, -0.25) is 0 Å². The third-order valence-corrected chi connectivity index (χ3v) is 2.85. The number of alkyl halides is 3. The lowest BCUT2D eigenvalue weighted by atomic mass is 10.1. The van der Waals surface area contributed by atoms with Crippen LogP contribution < -0.4 is 0 Å². The zero-order chi connectivity index (χ0) is 14.2. The first-order chi connectivity index (χ1) is 8.80. The molecule has 0 aliphatic carbocycles. The SMILES string of the molecule is CC(C)c1cc(C(F)(F)F)nn1-c1ncccc1Cl. The molecule has 0 atom stereocenters. The molecule has 102 valence electrons. The van der Waals surface area contributed by atoms with Crippen molar-refractivity contribution in [3.63, 3.8) is 0 Å². The van der Waals surface area contributed by atoms with Gasteiger partial charge in [0, 0.05) is 11.9 Å². The molecule has 0 aromatic carbocycles. The van der Waals surface area contributed by atoms with E-state index in [0.29, 0.717) is 5.69 Å². The maximum atomic E-state index is 12.7. The first kappa shape index (κ1) is 13.9. The topological polar surface area (TPSA) is 30.7 Å². The van der Waals surface area contributed by atoms with Crippen LogP contribution in [0.3, 0.4) is 0 Å². The molecule has 0 spiro atoms. The van der Waals surface area contributed by atoms with Crippen molar-refractivity contribution >= 4 is 11.6 Å². The molecule has 0 radical (unpaired) electrons. The van der Waals surface area contributed by atoms with Gasteiger partial charge in [-0.05, 0) is 24.1 Å². The largest absolute Gasteiger partial charge is 0.435 e. The summed E-state index contributed by atoms with van der Waals surface area (Å²) in [5.74, 6) is 0.0602. The molecule has 2 rings (SSSR count). The van der Waals surface area contributed by atoms with Crippen LogP contribution in [0.1, 0.15) is 31.2 Å². The monoisotopic (exact) mass is 289 g/mol. The van der Waals surface area contributed by atoms with E-state index in [4.69, 9.17) is 11.6 Å². The van der Waals surface area contributed by atoms with E-state index in [1.54, 1.807) is 26.0 Å². The Balaban J connectivity index is 2.63. The molecule has 0 bridgehead atoms. The zero-order valence-electron chi connectivity index (χ0n) is 10.2. The summed E-state index contributed by atoms with van der Waals surface area (Å²) in [5.41, 5.74) is -0.536. The summed E-state index contributed by atoms with van der Waals surface area (Å²) in [6.45, 7) is 3.56. The molecule has 0 unspecified atom stereocenters. The summed E-state index contributed by atoms with van der Waals surface area (Å²) in [5, 5.41) is 3.83. The number of aromatic nitrogens is 3. The Morgan fingerprint density at radius 1 is 1.32 bits per heavy atom. The first-order valence-corrected chi connectivity index (χ1v) is 5.96. The minimum atomic E-state index is -4.49. The van der Waals surface area contributed by atoms with Gasteiger partial charge in [-0.1, -0.05) is 25.4 Å². The molecular formula is C12H11ClF3N3. The molecule has 0 fully saturated rings. The maximum Gasteiger partial charge on any atom is 0.435 e. The minimum Gasteiger partial charge on any atom is -0.236 e. The lowest BCUT2D eigenvalue weighted by Gasteiger charge is -2.09. The van der Waals surface area contributed by atoms with Crippen LogP contribution in [0.15, 0.2) is 24.4 Å². The third kappa shape index (κ3) is 2.73. The normalized spacial score (nSPS) is 12.2. The maximum absolute atomic E-state index is 12.7. The van der Waals surface area contributed by atoms with Crippen molar-refractivity contribution in [2.45, 2.75) is 25.9 Å². The molecule has 0 aliphatic heterocycles. The van der Waals surface area contributed by atoms with Gasteiger partial charge in [-0.15, -0.1) is 0 Å². The summed E-state index contributed by atoms with van der Waals surface area (Å²) in [7, 11) is 0. The van der Waals surface area contributed by atoms with E-state index in [2.05, 4.69) is 10.1 Å². The van der Waals surface area contributed by atoms with Crippen LogP contribution in [0.25, 0.3) is 5.82 Å². The Hall–Kier alpha value is -1.56. The van der Waals surface area contributed by atoms with Gasteiger partial charge in [0.1, 0.15) is 0 Å². The highest BCUT2D eigenvalue weighted by atomic mass is 35.5. The van der Waals surface area contributed by atoms with Gasteiger partial charge in [0.2, 0.25) is 0 Å². The van der Waals surface area contributed by atoms with Crippen LogP contribution in [0, 0.1) is 0 Å². The third-order valence-electron chi connectivity index (χ3n) is 2.56. The number of hydrogen-bond acceptors (Lipinski definition) is 2. The average Bonchev–Trinajstić information content (AvgIpc) is 2.74. The van der Waals surface area contributed by atoms with Crippen LogP contribution >= 0.6 is 11.6 Å². The molecule has 0 aliphatic rings. The number of pyridine rings is 1. The van der Waals surface area contributed by atoms with Gasteiger partial charge in [0.05, 0.1) is 5.02 Å². The van der Waals surface area contributed by atoms with E-state index in [9.17, 15) is 13.2 Å².